The summed E-state index contributed by atoms with van der Waals surface area (Å²) in [5, 5.41) is 0. The van der Waals surface area contributed by atoms with Gasteiger partial charge >= 0.3 is 0 Å². The third-order valence-electron chi connectivity index (χ3n) is 2.81. The Labute approximate surface area is 103 Å². The summed E-state index contributed by atoms with van der Waals surface area (Å²) in [5.41, 5.74) is 1.35. The second-order valence-corrected chi connectivity index (χ2v) is 4.38. The van der Waals surface area contributed by atoms with Crippen molar-refractivity contribution in [1.29, 1.82) is 0 Å². The molecule has 1 atom stereocenters. The molecule has 1 aromatic rings. The van der Waals surface area contributed by atoms with E-state index in [1.165, 1.54) is 12.0 Å². The maximum absolute atomic E-state index is 5.66. The molecule has 1 saturated heterocycles. The third-order valence-corrected chi connectivity index (χ3v) is 2.81. The van der Waals surface area contributed by atoms with Gasteiger partial charge in [0.1, 0.15) is 18.5 Å². The Balaban J connectivity index is 1.77. The molecule has 1 aliphatic rings. The zero-order valence-electron chi connectivity index (χ0n) is 10.4. The van der Waals surface area contributed by atoms with Crippen molar-refractivity contribution >= 4 is 0 Å². The number of unbranched alkanes of at least 4 members (excludes halogenated alkanes) is 1. The Morgan fingerprint density at radius 3 is 3.12 bits per heavy atom. The van der Waals surface area contributed by atoms with Gasteiger partial charge in [-0.1, -0.05) is 24.3 Å². The van der Waals surface area contributed by atoms with Crippen LogP contribution in [0.25, 0.3) is 0 Å². The zero-order valence-corrected chi connectivity index (χ0v) is 10.4. The molecule has 2 nitrogen and oxygen atoms in total. The van der Waals surface area contributed by atoms with Crippen LogP contribution in [0.3, 0.4) is 0 Å². The number of allylic oxidation sites excluding steroid dienone is 2. The van der Waals surface area contributed by atoms with E-state index in [1.54, 1.807) is 0 Å². The number of ether oxygens (including phenoxy) is 2. The van der Waals surface area contributed by atoms with Gasteiger partial charge in [-0.2, -0.15) is 0 Å². The van der Waals surface area contributed by atoms with Gasteiger partial charge in [-0.25, -0.2) is 0 Å². The highest BCUT2D eigenvalue weighted by atomic mass is 16.6. The molecule has 92 valence electrons. The lowest BCUT2D eigenvalue weighted by atomic mass is 10.1. The van der Waals surface area contributed by atoms with E-state index in [9.17, 15) is 0 Å². The molecule has 17 heavy (non-hydrogen) atoms. The van der Waals surface area contributed by atoms with E-state index in [4.69, 9.17) is 9.47 Å². The van der Waals surface area contributed by atoms with Gasteiger partial charge in [-0.15, -0.1) is 0 Å². The molecule has 0 radical (unpaired) electrons. The molecule has 0 saturated carbocycles. The van der Waals surface area contributed by atoms with Crippen LogP contribution in [0.15, 0.2) is 36.4 Å². The largest absolute Gasteiger partial charge is 0.491 e. The first-order chi connectivity index (χ1) is 8.38. The quantitative estimate of drug-likeness (QED) is 0.408. The fourth-order valence-electron chi connectivity index (χ4n) is 1.73. The van der Waals surface area contributed by atoms with Gasteiger partial charge in [-0.05, 0) is 43.9 Å². The maximum Gasteiger partial charge on any atom is 0.119 e. The average molecular weight is 232 g/mol. The van der Waals surface area contributed by atoms with E-state index >= 15 is 0 Å². The molecule has 0 aromatic heterocycles. The Kier molecular flexibility index (Phi) is 4.63. The second kappa shape index (κ2) is 6.45. The van der Waals surface area contributed by atoms with Crippen molar-refractivity contribution in [3.8, 4) is 5.75 Å². The van der Waals surface area contributed by atoms with Crippen molar-refractivity contribution in [3.63, 3.8) is 0 Å². The van der Waals surface area contributed by atoms with Crippen molar-refractivity contribution in [2.24, 2.45) is 0 Å². The summed E-state index contributed by atoms with van der Waals surface area (Å²) in [6, 6.07) is 8.38. The molecule has 0 amide bonds. The summed E-state index contributed by atoms with van der Waals surface area (Å²) < 4.78 is 10.8. The Bertz CT molecular complexity index is 367. The number of hydrogen-bond acceptors (Lipinski definition) is 2. The molecular weight excluding hydrogens is 212 g/mol. The summed E-state index contributed by atoms with van der Waals surface area (Å²) in [7, 11) is 0. The summed E-state index contributed by atoms with van der Waals surface area (Å²) in [6.45, 7) is 3.60. The van der Waals surface area contributed by atoms with E-state index in [2.05, 4.69) is 37.3 Å². The van der Waals surface area contributed by atoms with E-state index < -0.39 is 0 Å². The van der Waals surface area contributed by atoms with Gasteiger partial charge in [0.2, 0.25) is 0 Å². The van der Waals surface area contributed by atoms with Crippen LogP contribution in [0.1, 0.15) is 25.3 Å². The second-order valence-electron chi connectivity index (χ2n) is 4.38. The first-order valence-electron chi connectivity index (χ1n) is 6.33. The number of benzene rings is 1. The molecular formula is C15H20O2. The van der Waals surface area contributed by atoms with Crippen LogP contribution in [-0.4, -0.2) is 19.3 Å². The van der Waals surface area contributed by atoms with Crippen LogP contribution < -0.4 is 4.74 Å². The number of rotatable bonds is 7. The monoisotopic (exact) mass is 232 g/mol. The van der Waals surface area contributed by atoms with Gasteiger partial charge in [0.05, 0.1) is 6.61 Å². The fourth-order valence-corrected chi connectivity index (χ4v) is 1.73. The molecule has 0 bridgehead atoms. The van der Waals surface area contributed by atoms with Crippen molar-refractivity contribution < 1.29 is 9.47 Å². The predicted molar refractivity (Wildman–Crippen MR) is 69.4 cm³/mol. The normalized spacial score (nSPS) is 18.5. The number of aryl methyl sites for hydroxylation is 1. The molecule has 1 unspecified atom stereocenters. The molecule has 2 rings (SSSR count). The minimum absolute atomic E-state index is 0.327. The summed E-state index contributed by atoms with van der Waals surface area (Å²) >= 11 is 0. The Hall–Kier alpha value is -1.28. The number of epoxide rings is 1. The molecule has 1 fully saturated rings. The van der Waals surface area contributed by atoms with Crippen LogP contribution in [0.4, 0.5) is 0 Å². The van der Waals surface area contributed by atoms with Gasteiger partial charge in [0.25, 0.3) is 0 Å². The van der Waals surface area contributed by atoms with E-state index in [1.807, 2.05) is 6.07 Å². The van der Waals surface area contributed by atoms with Crippen LogP contribution in [0, 0.1) is 0 Å². The van der Waals surface area contributed by atoms with Gasteiger partial charge in [-0.3, -0.25) is 0 Å². The molecule has 0 aliphatic carbocycles. The predicted octanol–water partition coefficient (Wildman–Crippen LogP) is 3.36. The molecule has 2 heteroatoms. The lowest BCUT2D eigenvalue weighted by Gasteiger charge is -2.06. The van der Waals surface area contributed by atoms with E-state index in [-0.39, 0.29) is 0 Å². The minimum Gasteiger partial charge on any atom is -0.491 e. The molecule has 1 heterocycles. The van der Waals surface area contributed by atoms with Crippen molar-refractivity contribution in [2.45, 2.75) is 32.3 Å². The van der Waals surface area contributed by atoms with Crippen LogP contribution in [0.2, 0.25) is 0 Å². The molecule has 0 N–H and O–H groups in total. The van der Waals surface area contributed by atoms with E-state index in [0.29, 0.717) is 12.7 Å². The molecule has 1 aromatic carbocycles. The molecule has 0 spiro atoms. The Morgan fingerprint density at radius 1 is 1.47 bits per heavy atom. The minimum atomic E-state index is 0.327. The first-order valence-corrected chi connectivity index (χ1v) is 6.33. The summed E-state index contributed by atoms with van der Waals surface area (Å²) in [6.07, 6.45) is 8.10. The van der Waals surface area contributed by atoms with Crippen molar-refractivity contribution in [1.82, 2.24) is 0 Å². The standard InChI is InChI=1S/C15H20O2/c1-2-3-4-5-7-13-8-6-9-14(10-13)16-11-15-12-17-15/h2-3,6,8-10,15H,4-5,7,11-12H2,1H3/b3-2+. The maximum atomic E-state index is 5.66. The smallest absolute Gasteiger partial charge is 0.119 e. The Morgan fingerprint density at radius 2 is 2.35 bits per heavy atom. The average Bonchev–Trinajstić information content (AvgIpc) is 3.17. The summed E-state index contributed by atoms with van der Waals surface area (Å²) in [5.74, 6) is 0.962. The van der Waals surface area contributed by atoms with E-state index in [0.717, 1.165) is 25.2 Å². The SMILES string of the molecule is C/C=C/CCCc1cccc(OCC2CO2)c1. The lowest BCUT2D eigenvalue weighted by Crippen LogP contribution is -2.04. The highest BCUT2D eigenvalue weighted by Crippen LogP contribution is 2.17. The number of hydrogen-bond donors (Lipinski definition) is 0. The lowest BCUT2D eigenvalue weighted by molar-refractivity contribution is 0.263. The van der Waals surface area contributed by atoms with Crippen LogP contribution >= 0.6 is 0 Å². The summed E-state index contributed by atoms with van der Waals surface area (Å²) in [4.78, 5) is 0. The van der Waals surface area contributed by atoms with Crippen molar-refractivity contribution in [2.75, 3.05) is 13.2 Å². The first kappa shape index (κ1) is 12.2. The van der Waals surface area contributed by atoms with Gasteiger partial charge < -0.3 is 9.47 Å². The van der Waals surface area contributed by atoms with Crippen LogP contribution in [-0.2, 0) is 11.2 Å². The topological polar surface area (TPSA) is 21.8 Å². The highest BCUT2D eigenvalue weighted by molar-refractivity contribution is 5.28. The molecule has 1 aliphatic heterocycles. The van der Waals surface area contributed by atoms with Gasteiger partial charge in [0.15, 0.2) is 0 Å². The third kappa shape index (κ3) is 4.61. The highest BCUT2D eigenvalue weighted by Gasteiger charge is 2.22. The van der Waals surface area contributed by atoms with Gasteiger partial charge in [0, 0.05) is 0 Å². The van der Waals surface area contributed by atoms with Crippen molar-refractivity contribution in [3.05, 3.63) is 42.0 Å². The fraction of sp³-hybridized carbons (Fsp3) is 0.467. The van der Waals surface area contributed by atoms with Crippen LogP contribution in [0.5, 0.6) is 5.75 Å². The zero-order chi connectivity index (χ0) is 11.9.